The van der Waals surface area contributed by atoms with Crippen LogP contribution in [0.3, 0.4) is 0 Å². The molecule has 0 N–H and O–H groups in total. The highest BCUT2D eigenvalue weighted by Gasteiger charge is 2.31. The monoisotopic (exact) mass is 360 g/mol. The number of anilines is 1. The first-order chi connectivity index (χ1) is 10.3. The van der Waals surface area contributed by atoms with Crippen LogP contribution in [0.2, 0.25) is 0 Å². The van der Waals surface area contributed by atoms with Crippen molar-refractivity contribution >= 4 is 38.3 Å². The van der Waals surface area contributed by atoms with E-state index >= 15 is 0 Å². The Morgan fingerprint density at radius 2 is 1.73 bits per heavy atom. The number of carbonyl (C=O) groups is 1. The van der Waals surface area contributed by atoms with Crippen molar-refractivity contribution in [1.29, 1.82) is 0 Å². The number of rotatable bonds is 1. The second-order valence-electron chi connectivity index (χ2n) is 6.81. The Bertz CT molecular complexity index is 721. The van der Waals surface area contributed by atoms with Crippen molar-refractivity contribution in [2.45, 2.75) is 26.3 Å². The molecule has 0 saturated carbocycles. The molecule has 4 heteroatoms. The summed E-state index contributed by atoms with van der Waals surface area (Å²) >= 11 is 3.51. The minimum absolute atomic E-state index is 0.0377. The molecule has 1 amide bonds. The van der Waals surface area contributed by atoms with Crippen LogP contribution in [0.15, 0.2) is 40.9 Å². The largest absolute Gasteiger partial charge is 0.310 e. The van der Waals surface area contributed by atoms with E-state index in [-0.39, 0.29) is 11.4 Å². The van der Waals surface area contributed by atoms with Gasteiger partial charge in [-0.3, -0.25) is 9.69 Å². The summed E-state index contributed by atoms with van der Waals surface area (Å²) < 4.78 is 1.06. The molecule has 0 aliphatic carbocycles. The van der Waals surface area contributed by atoms with Gasteiger partial charge in [-0.25, -0.2) is 0 Å². The number of nitrogens with zero attached hydrogens (tertiary/aromatic N) is 2. The summed E-state index contributed by atoms with van der Waals surface area (Å²) in [5.41, 5.74) is 1.03. The lowest BCUT2D eigenvalue weighted by Gasteiger charge is -2.41. The molecule has 2 aromatic rings. The Balaban J connectivity index is 1.87. The second-order valence-corrected chi connectivity index (χ2v) is 7.73. The van der Waals surface area contributed by atoms with Gasteiger partial charge in [0.2, 0.25) is 5.91 Å². The molecule has 1 saturated heterocycles. The summed E-state index contributed by atoms with van der Waals surface area (Å²) in [6, 6.07) is 12.4. The summed E-state index contributed by atoms with van der Waals surface area (Å²) in [6.07, 6.45) is 0. The molecule has 1 fully saturated rings. The van der Waals surface area contributed by atoms with E-state index in [4.69, 9.17) is 0 Å². The minimum Gasteiger partial charge on any atom is -0.310 e. The number of halogens is 1. The molecule has 22 heavy (non-hydrogen) atoms. The number of fused-ring (bicyclic) bond motifs is 1. The quantitative estimate of drug-likeness (QED) is 0.765. The zero-order valence-electron chi connectivity index (χ0n) is 13.3. The van der Waals surface area contributed by atoms with E-state index < -0.39 is 0 Å². The van der Waals surface area contributed by atoms with Crippen molar-refractivity contribution in [1.82, 2.24) is 4.90 Å². The van der Waals surface area contributed by atoms with Crippen LogP contribution in [-0.2, 0) is 4.79 Å². The van der Waals surface area contributed by atoms with Gasteiger partial charge in [0.05, 0.1) is 6.54 Å². The van der Waals surface area contributed by atoms with Crippen LogP contribution in [0.1, 0.15) is 20.8 Å². The summed E-state index contributed by atoms with van der Waals surface area (Å²) in [5.74, 6) is 0.176. The van der Waals surface area contributed by atoms with Gasteiger partial charge in [0.25, 0.3) is 0 Å². The Hall–Kier alpha value is -1.39. The lowest BCUT2D eigenvalue weighted by atomic mass is 10.0. The maximum Gasteiger partial charge on any atom is 0.241 e. The van der Waals surface area contributed by atoms with Crippen molar-refractivity contribution < 1.29 is 4.79 Å². The summed E-state index contributed by atoms with van der Waals surface area (Å²) in [5, 5.41) is 2.34. The molecular weight excluding hydrogens is 340 g/mol. The molecular formula is C18H21BrN2O. The topological polar surface area (TPSA) is 23.6 Å². The van der Waals surface area contributed by atoms with Crippen molar-refractivity contribution in [2.75, 3.05) is 24.5 Å². The standard InChI is InChI=1S/C18H21BrN2O/c1-18(2,3)20-8-9-21(17(22)12-20)16-7-5-13-4-6-15(19)10-14(13)11-16/h4-7,10-11H,8-9,12H2,1-3H3. The highest BCUT2D eigenvalue weighted by molar-refractivity contribution is 9.10. The van der Waals surface area contributed by atoms with E-state index in [2.05, 4.69) is 65.9 Å². The number of amides is 1. The van der Waals surface area contributed by atoms with E-state index in [1.807, 2.05) is 17.0 Å². The van der Waals surface area contributed by atoms with Crippen molar-refractivity contribution in [3.63, 3.8) is 0 Å². The Kier molecular flexibility index (Phi) is 4.00. The fourth-order valence-electron chi connectivity index (χ4n) is 2.89. The molecule has 0 bridgehead atoms. The first kappa shape index (κ1) is 15.5. The van der Waals surface area contributed by atoms with Crippen LogP contribution in [-0.4, -0.2) is 36.0 Å². The molecule has 0 unspecified atom stereocenters. The van der Waals surface area contributed by atoms with Crippen LogP contribution in [0.25, 0.3) is 10.8 Å². The van der Waals surface area contributed by atoms with E-state index in [1.54, 1.807) is 0 Å². The summed E-state index contributed by atoms with van der Waals surface area (Å²) in [6.45, 7) is 8.61. The maximum absolute atomic E-state index is 12.5. The van der Waals surface area contributed by atoms with E-state index in [0.717, 1.165) is 28.6 Å². The Labute approximate surface area is 140 Å². The van der Waals surface area contributed by atoms with Crippen LogP contribution < -0.4 is 4.90 Å². The van der Waals surface area contributed by atoms with Gasteiger partial charge in [-0.15, -0.1) is 0 Å². The van der Waals surface area contributed by atoms with E-state index in [9.17, 15) is 4.79 Å². The van der Waals surface area contributed by atoms with E-state index in [1.165, 1.54) is 5.39 Å². The van der Waals surface area contributed by atoms with Gasteiger partial charge >= 0.3 is 0 Å². The lowest BCUT2D eigenvalue weighted by molar-refractivity contribution is -0.122. The molecule has 0 spiro atoms. The lowest BCUT2D eigenvalue weighted by Crippen LogP contribution is -2.56. The third-order valence-corrected chi connectivity index (χ3v) is 4.76. The fraction of sp³-hybridized carbons (Fsp3) is 0.389. The molecule has 0 atom stereocenters. The zero-order chi connectivity index (χ0) is 15.9. The van der Waals surface area contributed by atoms with Gasteiger partial charge < -0.3 is 4.90 Å². The minimum atomic E-state index is 0.0377. The first-order valence-corrected chi connectivity index (χ1v) is 8.39. The van der Waals surface area contributed by atoms with Crippen molar-refractivity contribution in [3.8, 4) is 0 Å². The van der Waals surface area contributed by atoms with Crippen LogP contribution in [0.4, 0.5) is 5.69 Å². The van der Waals surface area contributed by atoms with Crippen LogP contribution >= 0.6 is 15.9 Å². The van der Waals surface area contributed by atoms with Crippen LogP contribution in [0.5, 0.6) is 0 Å². The normalized spacial score (nSPS) is 17.3. The molecule has 0 radical (unpaired) electrons. The van der Waals surface area contributed by atoms with Gasteiger partial charge in [0, 0.05) is 28.8 Å². The maximum atomic E-state index is 12.5. The molecule has 1 heterocycles. The number of hydrogen-bond donors (Lipinski definition) is 0. The molecule has 0 aromatic heterocycles. The number of hydrogen-bond acceptors (Lipinski definition) is 2. The van der Waals surface area contributed by atoms with Gasteiger partial charge in [0.15, 0.2) is 0 Å². The zero-order valence-corrected chi connectivity index (χ0v) is 14.9. The molecule has 116 valence electrons. The van der Waals surface area contributed by atoms with Gasteiger partial charge in [0.1, 0.15) is 0 Å². The number of piperazine rings is 1. The summed E-state index contributed by atoms with van der Waals surface area (Å²) in [7, 11) is 0. The molecule has 1 aliphatic heterocycles. The van der Waals surface area contributed by atoms with E-state index in [0.29, 0.717) is 6.54 Å². The third-order valence-electron chi connectivity index (χ3n) is 4.27. The molecule has 2 aromatic carbocycles. The molecule has 3 rings (SSSR count). The first-order valence-electron chi connectivity index (χ1n) is 7.59. The smallest absolute Gasteiger partial charge is 0.241 e. The Morgan fingerprint density at radius 3 is 2.41 bits per heavy atom. The Morgan fingerprint density at radius 1 is 1.00 bits per heavy atom. The van der Waals surface area contributed by atoms with Crippen molar-refractivity contribution in [2.24, 2.45) is 0 Å². The molecule has 1 aliphatic rings. The SMILES string of the molecule is CC(C)(C)N1CCN(c2ccc3ccc(Br)cc3c2)C(=O)C1. The average molecular weight is 361 g/mol. The van der Waals surface area contributed by atoms with Gasteiger partial charge in [-0.2, -0.15) is 0 Å². The van der Waals surface area contributed by atoms with Gasteiger partial charge in [-0.1, -0.05) is 28.1 Å². The molecule has 3 nitrogen and oxygen atoms in total. The van der Waals surface area contributed by atoms with Crippen molar-refractivity contribution in [3.05, 3.63) is 40.9 Å². The highest BCUT2D eigenvalue weighted by atomic mass is 79.9. The number of carbonyl (C=O) groups excluding carboxylic acids is 1. The predicted molar refractivity (Wildman–Crippen MR) is 95.3 cm³/mol. The summed E-state index contributed by atoms with van der Waals surface area (Å²) in [4.78, 5) is 16.7. The third kappa shape index (κ3) is 3.03. The highest BCUT2D eigenvalue weighted by Crippen LogP contribution is 2.27. The van der Waals surface area contributed by atoms with Crippen LogP contribution in [0, 0.1) is 0 Å². The second kappa shape index (κ2) is 5.67. The number of benzene rings is 2. The van der Waals surface area contributed by atoms with Gasteiger partial charge in [-0.05, 0) is 55.8 Å². The average Bonchev–Trinajstić information content (AvgIpc) is 2.45. The predicted octanol–water partition coefficient (Wildman–Crippen LogP) is 4.05. The fourth-order valence-corrected chi connectivity index (χ4v) is 3.27.